The van der Waals surface area contributed by atoms with Gasteiger partial charge in [0.2, 0.25) is 5.89 Å². The third kappa shape index (κ3) is 2.01. The molecule has 0 amide bonds. The highest BCUT2D eigenvalue weighted by Crippen LogP contribution is 2.05. The molecule has 0 aliphatic rings. The number of benzene rings is 1. The van der Waals surface area contributed by atoms with Crippen molar-refractivity contribution in [3.05, 3.63) is 51.8 Å². The number of aryl methyl sites for hydroxylation is 1. The summed E-state index contributed by atoms with van der Waals surface area (Å²) in [5.41, 5.74) is 1.40. The Balaban J connectivity index is 2.31. The number of hydrogen-bond donors (Lipinski definition) is 0. The maximum atomic E-state index is 11.3. The summed E-state index contributed by atoms with van der Waals surface area (Å²) in [7, 11) is 0. The Labute approximate surface area is 91.5 Å². The molecule has 16 heavy (non-hydrogen) atoms. The van der Waals surface area contributed by atoms with Crippen LogP contribution in [-0.4, -0.2) is 9.78 Å². The molecule has 0 aliphatic heterocycles. The molecule has 2 rings (SSSR count). The Morgan fingerprint density at radius 2 is 2.38 bits per heavy atom. The smallest absolute Gasteiger partial charge is 0.393 e. The third-order valence-electron chi connectivity index (χ3n) is 2.10. The summed E-state index contributed by atoms with van der Waals surface area (Å²) in [4.78, 5) is 11.3. The Kier molecular flexibility index (Phi) is 2.56. The molecule has 0 saturated carbocycles. The fraction of sp³-hybridized carbons (Fsp3) is 0.182. The van der Waals surface area contributed by atoms with Crippen LogP contribution in [0.5, 0.6) is 0 Å². The highest BCUT2D eigenvalue weighted by Gasteiger charge is 2.04. The molecular formula is C11H9N3O2. The van der Waals surface area contributed by atoms with Gasteiger partial charge < -0.3 is 4.42 Å². The van der Waals surface area contributed by atoms with Crippen molar-refractivity contribution in [2.75, 3.05) is 0 Å². The molecule has 1 aromatic heterocycles. The first-order valence-corrected chi connectivity index (χ1v) is 4.72. The van der Waals surface area contributed by atoms with Crippen LogP contribution in [0.15, 0.2) is 33.5 Å². The maximum absolute atomic E-state index is 11.3. The topological polar surface area (TPSA) is 71.8 Å². The van der Waals surface area contributed by atoms with E-state index in [1.165, 1.54) is 4.68 Å². The lowest BCUT2D eigenvalue weighted by Gasteiger charge is -1.99. The summed E-state index contributed by atoms with van der Waals surface area (Å²) >= 11 is 0. The molecule has 0 spiro atoms. The molecule has 0 fully saturated rings. The quantitative estimate of drug-likeness (QED) is 0.751. The Bertz CT molecular complexity index is 604. The Morgan fingerprint density at radius 1 is 1.56 bits per heavy atom. The van der Waals surface area contributed by atoms with Crippen LogP contribution in [0.2, 0.25) is 0 Å². The van der Waals surface area contributed by atoms with Crippen LogP contribution in [-0.2, 0) is 6.54 Å². The molecule has 1 heterocycles. The van der Waals surface area contributed by atoms with E-state index in [4.69, 9.17) is 9.68 Å². The molecule has 5 heteroatoms. The van der Waals surface area contributed by atoms with Crippen molar-refractivity contribution in [2.24, 2.45) is 0 Å². The van der Waals surface area contributed by atoms with Crippen molar-refractivity contribution in [2.45, 2.75) is 13.5 Å². The number of hydrogen-bond acceptors (Lipinski definition) is 4. The highest BCUT2D eigenvalue weighted by molar-refractivity contribution is 5.32. The zero-order valence-electron chi connectivity index (χ0n) is 8.67. The van der Waals surface area contributed by atoms with Crippen LogP contribution in [0, 0.1) is 18.3 Å². The minimum absolute atomic E-state index is 0.311. The molecule has 0 unspecified atom stereocenters. The van der Waals surface area contributed by atoms with Crippen LogP contribution in [0.3, 0.4) is 0 Å². The lowest BCUT2D eigenvalue weighted by Crippen LogP contribution is -2.16. The van der Waals surface area contributed by atoms with Gasteiger partial charge in [-0.1, -0.05) is 12.1 Å². The first-order chi connectivity index (χ1) is 7.69. The second-order valence-corrected chi connectivity index (χ2v) is 3.36. The molecular weight excluding hydrogens is 206 g/mol. The maximum Gasteiger partial charge on any atom is 0.437 e. The highest BCUT2D eigenvalue weighted by atomic mass is 16.4. The van der Waals surface area contributed by atoms with Crippen molar-refractivity contribution < 1.29 is 4.42 Å². The summed E-state index contributed by atoms with van der Waals surface area (Å²) in [6.45, 7) is 1.93. The molecule has 0 saturated heterocycles. The number of nitriles is 1. The van der Waals surface area contributed by atoms with E-state index < -0.39 is 5.76 Å². The van der Waals surface area contributed by atoms with E-state index in [2.05, 4.69) is 5.10 Å². The molecule has 0 aliphatic carbocycles. The fourth-order valence-corrected chi connectivity index (χ4v) is 1.42. The van der Waals surface area contributed by atoms with E-state index in [0.717, 1.165) is 5.56 Å². The van der Waals surface area contributed by atoms with Crippen molar-refractivity contribution in [1.29, 1.82) is 5.26 Å². The molecule has 5 nitrogen and oxygen atoms in total. The van der Waals surface area contributed by atoms with Gasteiger partial charge in [0.05, 0.1) is 18.2 Å². The SMILES string of the molecule is Cc1nn(Cc2cccc(C#N)c2)c(=O)o1. The average Bonchev–Trinajstić information content (AvgIpc) is 2.58. The van der Waals surface area contributed by atoms with Crippen LogP contribution in [0.4, 0.5) is 0 Å². The van der Waals surface area contributed by atoms with Gasteiger partial charge in [-0.05, 0) is 17.7 Å². The van der Waals surface area contributed by atoms with Crippen molar-refractivity contribution in [1.82, 2.24) is 9.78 Å². The van der Waals surface area contributed by atoms with Crippen molar-refractivity contribution >= 4 is 0 Å². The van der Waals surface area contributed by atoms with Crippen molar-refractivity contribution in [3.8, 4) is 6.07 Å². The number of nitrogens with zero attached hydrogens (tertiary/aromatic N) is 3. The second-order valence-electron chi connectivity index (χ2n) is 3.36. The van der Waals surface area contributed by atoms with E-state index >= 15 is 0 Å². The third-order valence-corrected chi connectivity index (χ3v) is 2.10. The van der Waals surface area contributed by atoms with Crippen LogP contribution < -0.4 is 5.76 Å². The van der Waals surface area contributed by atoms with E-state index in [0.29, 0.717) is 18.0 Å². The van der Waals surface area contributed by atoms with Gasteiger partial charge in [-0.3, -0.25) is 0 Å². The Morgan fingerprint density at radius 3 is 3.00 bits per heavy atom. The summed E-state index contributed by atoms with van der Waals surface area (Å²) in [6, 6.07) is 9.07. The standard InChI is InChI=1S/C11H9N3O2/c1-8-13-14(11(15)16-8)7-10-4-2-3-9(5-10)6-12/h2-5H,7H2,1H3. The predicted molar refractivity (Wildman–Crippen MR) is 55.8 cm³/mol. The fourth-order valence-electron chi connectivity index (χ4n) is 1.42. The molecule has 1 aromatic carbocycles. The summed E-state index contributed by atoms with van der Waals surface area (Å²) in [5, 5.41) is 12.6. The van der Waals surface area contributed by atoms with Gasteiger partial charge in [0.1, 0.15) is 0 Å². The van der Waals surface area contributed by atoms with Gasteiger partial charge >= 0.3 is 5.76 Å². The monoisotopic (exact) mass is 215 g/mol. The molecule has 2 aromatic rings. The van der Waals surface area contributed by atoms with Crippen LogP contribution >= 0.6 is 0 Å². The van der Waals surface area contributed by atoms with Gasteiger partial charge in [0.15, 0.2) is 0 Å². The number of aromatic nitrogens is 2. The molecule has 80 valence electrons. The average molecular weight is 215 g/mol. The van der Waals surface area contributed by atoms with Crippen molar-refractivity contribution in [3.63, 3.8) is 0 Å². The van der Waals surface area contributed by atoms with Gasteiger partial charge in [0.25, 0.3) is 0 Å². The summed E-state index contributed by atoms with van der Waals surface area (Å²) in [5.74, 6) is -0.152. The molecule has 0 N–H and O–H groups in total. The summed E-state index contributed by atoms with van der Waals surface area (Å²) in [6.07, 6.45) is 0. The number of rotatable bonds is 2. The minimum atomic E-state index is -0.486. The van der Waals surface area contributed by atoms with E-state index in [-0.39, 0.29) is 0 Å². The lowest BCUT2D eigenvalue weighted by atomic mass is 10.1. The molecule has 0 atom stereocenters. The summed E-state index contributed by atoms with van der Waals surface area (Å²) < 4.78 is 6.00. The predicted octanol–water partition coefficient (Wildman–Crippen LogP) is 1.06. The minimum Gasteiger partial charge on any atom is -0.393 e. The van der Waals surface area contributed by atoms with Crippen LogP contribution in [0.1, 0.15) is 17.0 Å². The molecule has 0 bridgehead atoms. The van der Waals surface area contributed by atoms with Gasteiger partial charge in [-0.25, -0.2) is 4.79 Å². The zero-order valence-corrected chi connectivity index (χ0v) is 8.67. The van der Waals surface area contributed by atoms with E-state index in [1.54, 1.807) is 25.1 Å². The van der Waals surface area contributed by atoms with E-state index in [1.807, 2.05) is 12.1 Å². The first-order valence-electron chi connectivity index (χ1n) is 4.72. The first kappa shape index (κ1) is 10.2. The van der Waals surface area contributed by atoms with Gasteiger partial charge in [0, 0.05) is 6.92 Å². The Hall–Kier alpha value is -2.35. The van der Waals surface area contributed by atoms with Gasteiger partial charge in [-0.2, -0.15) is 9.94 Å². The molecule has 0 radical (unpaired) electrons. The lowest BCUT2D eigenvalue weighted by molar-refractivity contribution is 0.466. The van der Waals surface area contributed by atoms with E-state index in [9.17, 15) is 4.79 Å². The second kappa shape index (κ2) is 4.03. The largest absolute Gasteiger partial charge is 0.437 e. The van der Waals surface area contributed by atoms with Crippen LogP contribution in [0.25, 0.3) is 0 Å². The van der Waals surface area contributed by atoms with Gasteiger partial charge in [-0.15, -0.1) is 5.10 Å². The zero-order chi connectivity index (χ0) is 11.5. The normalized spacial score (nSPS) is 10.0.